The number of hydrogen-bond donors (Lipinski definition) is 0. The molecular formula is C48H49N3. The van der Waals surface area contributed by atoms with Gasteiger partial charge in [0.1, 0.15) is 0 Å². The number of rotatable bonds is 16. The number of anilines is 1. The summed E-state index contributed by atoms with van der Waals surface area (Å²) in [5.74, 6) is 0.0129. The topological polar surface area (TPSA) is 28.0 Å². The van der Waals surface area contributed by atoms with Crippen molar-refractivity contribution in [1.82, 2.24) is 0 Å². The van der Waals surface area contributed by atoms with E-state index in [1.54, 1.807) is 0 Å². The maximum absolute atomic E-state index is 4.53. The van der Waals surface area contributed by atoms with Gasteiger partial charge >= 0.3 is 0 Å². The first-order valence-corrected chi connectivity index (χ1v) is 17.6. The lowest BCUT2D eigenvalue weighted by molar-refractivity contribution is 0.655. The van der Waals surface area contributed by atoms with Crippen molar-refractivity contribution in [1.29, 1.82) is 0 Å². The van der Waals surface area contributed by atoms with Crippen LogP contribution in [0.5, 0.6) is 0 Å². The summed E-state index contributed by atoms with van der Waals surface area (Å²) in [4.78, 5) is 11.1. The SMILES string of the molecule is C=C/C(=C\C=CC1=CC=N1)N(C1=CC(C(/C=C\C/N=C/C=C\C=C/C)=C/C(=C)C(=C)/C=C\C=C/C)C=C1)c1ccc2c(c1)C(C)(C)C1=C2CC=C1. The molecular weight excluding hydrogens is 619 g/mol. The summed E-state index contributed by atoms with van der Waals surface area (Å²) in [5, 5.41) is 0. The van der Waals surface area contributed by atoms with Crippen molar-refractivity contribution in [2.45, 2.75) is 39.5 Å². The van der Waals surface area contributed by atoms with Crippen LogP contribution in [0.25, 0.3) is 5.57 Å². The van der Waals surface area contributed by atoms with Crippen LogP contribution in [0.3, 0.4) is 0 Å². The van der Waals surface area contributed by atoms with E-state index in [0.717, 1.165) is 45.9 Å². The van der Waals surface area contributed by atoms with E-state index in [-0.39, 0.29) is 11.3 Å². The fourth-order valence-corrected chi connectivity index (χ4v) is 6.52. The number of aliphatic imine (C=N–C) groups is 2. The average molecular weight is 668 g/mol. The highest BCUT2D eigenvalue weighted by molar-refractivity contribution is 5.87. The molecule has 0 amide bonds. The van der Waals surface area contributed by atoms with Crippen LogP contribution in [0.2, 0.25) is 0 Å². The van der Waals surface area contributed by atoms with Crippen LogP contribution in [-0.4, -0.2) is 19.0 Å². The Morgan fingerprint density at radius 2 is 1.80 bits per heavy atom. The predicted octanol–water partition coefficient (Wildman–Crippen LogP) is 12.1. The van der Waals surface area contributed by atoms with Crippen molar-refractivity contribution in [3.05, 3.63) is 216 Å². The molecule has 3 nitrogen and oxygen atoms in total. The number of hydrogen-bond acceptors (Lipinski definition) is 3. The molecule has 1 atom stereocenters. The van der Waals surface area contributed by atoms with E-state index in [2.05, 4.69) is 121 Å². The molecule has 0 aromatic heterocycles. The predicted molar refractivity (Wildman–Crippen MR) is 224 cm³/mol. The molecule has 1 aromatic carbocycles. The van der Waals surface area contributed by atoms with E-state index in [9.17, 15) is 0 Å². The second kappa shape index (κ2) is 17.2. The molecule has 1 unspecified atom stereocenters. The largest absolute Gasteiger partial charge is 0.311 e. The highest BCUT2D eigenvalue weighted by Crippen LogP contribution is 2.51. The van der Waals surface area contributed by atoms with Gasteiger partial charge in [0.25, 0.3) is 0 Å². The van der Waals surface area contributed by atoms with E-state index in [0.29, 0.717) is 6.54 Å². The third kappa shape index (κ3) is 8.69. The van der Waals surface area contributed by atoms with E-state index in [4.69, 9.17) is 0 Å². The molecule has 3 heteroatoms. The highest BCUT2D eigenvalue weighted by Gasteiger charge is 2.38. The molecule has 0 spiro atoms. The molecule has 1 aliphatic heterocycles. The van der Waals surface area contributed by atoms with Crippen molar-refractivity contribution < 1.29 is 0 Å². The molecule has 0 saturated heterocycles. The van der Waals surface area contributed by atoms with Crippen LogP contribution in [0, 0.1) is 5.92 Å². The van der Waals surface area contributed by atoms with Crippen molar-refractivity contribution in [2.75, 3.05) is 11.4 Å². The van der Waals surface area contributed by atoms with Crippen molar-refractivity contribution in [2.24, 2.45) is 15.9 Å². The fourth-order valence-electron chi connectivity index (χ4n) is 6.52. The Balaban J connectivity index is 1.52. The molecule has 0 bridgehead atoms. The average Bonchev–Trinajstić information content (AvgIpc) is 3.84. The minimum absolute atomic E-state index is 0.0129. The highest BCUT2D eigenvalue weighted by atomic mass is 15.2. The lowest BCUT2D eigenvalue weighted by atomic mass is 9.81. The molecule has 1 aromatic rings. The number of allylic oxidation sites excluding steroid dienone is 25. The molecule has 4 aliphatic rings. The standard InChI is InChI=1S/C48H49N3/c1-8-11-13-15-30-49-31-18-20-38(33-37(5)36(4)19-14-12-9-2)39-25-26-42(34-39)51(41(10-3)22-16-21-40-29-32-50-40)43-27-28-45-44-23-17-24-46(44)48(6,7)47(45)35-43/h8-22,24-30,32-35,39H,3-5,23,31H2,1-2,6-7H3/b11-8-,12-9-,15-13-,19-14-,20-18-,21-16?,38-33+,41-22+,49-30+. The molecule has 0 fully saturated rings. The van der Waals surface area contributed by atoms with Gasteiger partial charge in [-0.2, -0.15) is 0 Å². The van der Waals surface area contributed by atoms with Crippen molar-refractivity contribution >= 4 is 23.7 Å². The summed E-state index contributed by atoms with van der Waals surface area (Å²) in [6.45, 7) is 22.1. The van der Waals surface area contributed by atoms with Gasteiger partial charge in [0, 0.05) is 40.8 Å². The van der Waals surface area contributed by atoms with Crippen LogP contribution in [0.15, 0.2) is 215 Å². The molecule has 51 heavy (non-hydrogen) atoms. The third-order valence-corrected chi connectivity index (χ3v) is 9.28. The van der Waals surface area contributed by atoms with Crippen LogP contribution in [-0.2, 0) is 5.41 Å². The lowest BCUT2D eigenvalue weighted by Crippen LogP contribution is -2.21. The Morgan fingerprint density at radius 1 is 1.00 bits per heavy atom. The molecule has 1 heterocycles. The number of nitrogens with zero attached hydrogens (tertiary/aromatic N) is 3. The monoisotopic (exact) mass is 667 g/mol. The van der Waals surface area contributed by atoms with Gasteiger partial charge in [0.2, 0.25) is 0 Å². The summed E-state index contributed by atoms with van der Waals surface area (Å²) < 4.78 is 0. The first-order chi connectivity index (χ1) is 24.8. The molecule has 256 valence electrons. The Morgan fingerprint density at radius 3 is 2.55 bits per heavy atom. The number of fused-ring (bicyclic) bond motifs is 2. The molecule has 5 rings (SSSR count). The van der Waals surface area contributed by atoms with Gasteiger partial charge in [0.15, 0.2) is 0 Å². The molecule has 0 N–H and O–H groups in total. The van der Waals surface area contributed by atoms with Gasteiger partial charge in [-0.15, -0.1) is 0 Å². The van der Waals surface area contributed by atoms with Gasteiger partial charge in [0.05, 0.1) is 12.2 Å². The third-order valence-electron chi connectivity index (χ3n) is 9.28. The minimum atomic E-state index is -0.0652. The van der Waals surface area contributed by atoms with Crippen LogP contribution >= 0.6 is 0 Å². The summed E-state index contributed by atoms with van der Waals surface area (Å²) in [5.41, 5.74) is 12.4. The molecule has 3 aliphatic carbocycles. The van der Waals surface area contributed by atoms with E-state index >= 15 is 0 Å². The van der Waals surface area contributed by atoms with E-state index < -0.39 is 0 Å². The zero-order valence-electron chi connectivity index (χ0n) is 30.5. The minimum Gasteiger partial charge on any atom is -0.311 e. The van der Waals surface area contributed by atoms with E-state index in [1.807, 2.05) is 99.2 Å². The first-order valence-electron chi connectivity index (χ1n) is 17.6. The fraction of sp³-hybridized carbons (Fsp3) is 0.167. The first kappa shape index (κ1) is 36.5. The van der Waals surface area contributed by atoms with E-state index in [1.165, 1.54) is 22.3 Å². The summed E-state index contributed by atoms with van der Waals surface area (Å²) in [6.07, 6.45) is 48.3. The molecule has 0 saturated carbocycles. The Hall–Kier alpha value is -5.80. The number of benzene rings is 1. The summed E-state index contributed by atoms with van der Waals surface area (Å²) in [6, 6.07) is 6.91. The quantitative estimate of drug-likeness (QED) is 0.127. The second-order valence-electron chi connectivity index (χ2n) is 13.1. The molecule has 0 radical (unpaired) electrons. The maximum atomic E-state index is 4.53. The van der Waals surface area contributed by atoms with Crippen LogP contribution in [0.1, 0.15) is 45.2 Å². The maximum Gasteiger partial charge on any atom is 0.0644 e. The van der Waals surface area contributed by atoms with Gasteiger partial charge < -0.3 is 4.90 Å². The van der Waals surface area contributed by atoms with Gasteiger partial charge in [-0.1, -0.05) is 125 Å². The lowest BCUT2D eigenvalue weighted by Gasteiger charge is -2.29. The smallest absolute Gasteiger partial charge is 0.0644 e. The van der Waals surface area contributed by atoms with Crippen LogP contribution in [0.4, 0.5) is 5.69 Å². The second-order valence-corrected chi connectivity index (χ2v) is 13.1. The Kier molecular flexibility index (Phi) is 12.3. The Labute approximate surface area is 305 Å². The Bertz CT molecular complexity index is 2020. The van der Waals surface area contributed by atoms with Crippen LogP contribution < -0.4 is 4.90 Å². The summed E-state index contributed by atoms with van der Waals surface area (Å²) >= 11 is 0. The van der Waals surface area contributed by atoms with Gasteiger partial charge in [-0.25, -0.2) is 0 Å². The van der Waals surface area contributed by atoms with Crippen molar-refractivity contribution in [3.63, 3.8) is 0 Å². The zero-order chi connectivity index (χ0) is 36.2. The van der Waals surface area contributed by atoms with Crippen molar-refractivity contribution in [3.8, 4) is 0 Å². The summed E-state index contributed by atoms with van der Waals surface area (Å²) in [7, 11) is 0. The van der Waals surface area contributed by atoms with Gasteiger partial charge in [-0.05, 0) is 114 Å². The van der Waals surface area contributed by atoms with Gasteiger partial charge in [-0.3, -0.25) is 9.98 Å². The zero-order valence-corrected chi connectivity index (χ0v) is 30.5. The normalized spacial score (nSPS) is 19.6.